The highest BCUT2D eigenvalue weighted by molar-refractivity contribution is 6.11. The Morgan fingerprint density at radius 1 is 0.889 bits per heavy atom. The molecule has 27 heavy (non-hydrogen) atoms. The maximum atomic E-state index is 4.84. The number of hydrogen-bond acceptors (Lipinski definition) is 4. The second-order valence-electron chi connectivity index (χ2n) is 6.61. The highest BCUT2D eigenvalue weighted by Crippen LogP contribution is 2.28. The summed E-state index contributed by atoms with van der Waals surface area (Å²) in [7, 11) is 0. The van der Waals surface area contributed by atoms with Crippen LogP contribution in [0.15, 0.2) is 77.8 Å². The minimum Gasteiger partial charge on any atom is -0.325 e. The topological polar surface area (TPSA) is 50.2 Å². The predicted octanol–water partition coefficient (Wildman–Crippen LogP) is 5.14. The van der Waals surface area contributed by atoms with Crippen LogP contribution in [0.5, 0.6) is 0 Å². The average molecular weight is 354 g/mol. The van der Waals surface area contributed by atoms with Gasteiger partial charge in [0.1, 0.15) is 11.7 Å². The molecule has 1 aliphatic heterocycles. The van der Waals surface area contributed by atoms with E-state index >= 15 is 0 Å². The summed E-state index contributed by atoms with van der Waals surface area (Å²) in [5, 5.41) is 3.38. The van der Waals surface area contributed by atoms with E-state index < -0.39 is 0 Å². The molecule has 1 N–H and O–H groups in total. The molecule has 0 bridgehead atoms. The normalized spacial score (nSPS) is 16.0. The second kappa shape index (κ2) is 7.54. The van der Waals surface area contributed by atoms with Crippen molar-refractivity contribution < 1.29 is 0 Å². The third-order valence-electron chi connectivity index (χ3n) is 4.58. The van der Waals surface area contributed by atoms with E-state index in [0.717, 1.165) is 35.2 Å². The molecule has 0 spiro atoms. The van der Waals surface area contributed by atoms with Crippen molar-refractivity contribution in [1.82, 2.24) is 9.97 Å². The molecular weight excluding hydrogens is 332 g/mol. The molecule has 1 aromatic heterocycles. The van der Waals surface area contributed by atoms with Crippen LogP contribution in [-0.4, -0.2) is 21.8 Å². The summed E-state index contributed by atoms with van der Waals surface area (Å²) >= 11 is 0. The van der Waals surface area contributed by atoms with Gasteiger partial charge in [-0.25, -0.2) is 9.97 Å². The number of amidine groups is 1. The summed E-state index contributed by atoms with van der Waals surface area (Å²) in [6, 6.07) is 22.6. The van der Waals surface area contributed by atoms with E-state index in [-0.39, 0.29) is 6.04 Å². The minimum atomic E-state index is 0.173. The second-order valence-corrected chi connectivity index (χ2v) is 6.61. The molecule has 3 aromatic rings. The van der Waals surface area contributed by atoms with Crippen LogP contribution in [0.4, 0.5) is 5.82 Å². The molecule has 0 aliphatic carbocycles. The van der Waals surface area contributed by atoms with E-state index in [1.807, 2.05) is 49.4 Å². The fourth-order valence-corrected chi connectivity index (χ4v) is 3.28. The van der Waals surface area contributed by atoms with Gasteiger partial charge in [-0.1, -0.05) is 67.6 Å². The van der Waals surface area contributed by atoms with Gasteiger partial charge in [0.15, 0.2) is 5.82 Å². The first-order valence-electron chi connectivity index (χ1n) is 9.26. The Hall–Kier alpha value is -3.27. The molecule has 1 aliphatic rings. The Labute approximate surface area is 159 Å². The van der Waals surface area contributed by atoms with E-state index in [0.29, 0.717) is 0 Å². The summed E-state index contributed by atoms with van der Waals surface area (Å²) in [5.74, 6) is 2.33. The Kier molecular flexibility index (Phi) is 4.79. The van der Waals surface area contributed by atoms with Crippen molar-refractivity contribution in [2.45, 2.75) is 26.3 Å². The maximum absolute atomic E-state index is 4.84. The first-order valence-corrected chi connectivity index (χ1v) is 9.26. The number of hydrogen-bond donors (Lipinski definition) is 1. The zero-order valence-corrected chi connectivity index (χ0v) is 15.6. The molecule has 4 heteroatoms. The van der Waals surface area contributed by atoms with Crippen molar-refractivity contribution in [3.63, 3.8) is 0 Å². The van der Waals surface area contributed by atoms with Crippen molar-refractivity contribution in [2.24, 2.45) is 4.99 Å². The molecule has 1 atom stereocenters. The highest BCUT2D eigenvalue weighted by atomic mass is 15.1. The summed E-state index contributed by atoms with van der Waals surface area (Å²) in [4.78, 5) is 14.1. The smallest absolute Gasteiger partial charge is 0.161 e. The van der Waals surface area contributed by atoms with Crippen LogP contribution in [0, 0.1) is 6.92 Å². The summed E-state index contributed by atoms with van der Waals surface area (Å²) in [6.07, 6.45) is 3.09. The molecule has 0 fully saturated rings. The van der Waals surface area contributed by atoms with Crippen LogP contribution in [0.1, 0.15) is 24.6 Å². The summed E-state index contributed by atoms with van der Waals surface area (Å²) in [5.41, 5.74) is 4.39. The molecule has 4 rings (SSSR count). The van der Waals surface area contributed by atoms with E-state index in [4.69, 9.17) is 4.99 Å². The lowest BCUT2D eigenvalue weighted by Crippen LogP contribution is -2.10. The van der Waals surface area contributed by atoms with Crippen molar-refractivity contribution >= 4 is 17.2 Å². The fourth-order valence-electron chi connectivity index (χ4n) is 3.28. The molecule has 0 amide bonds. The number of anilines is 1. The van der Waals surface area contributed by atoms with Gasteiger partial charge in [-0.15, -0.1) is 0 Å². The van der Waals surface area contributed by atoms with Crippen LogP contribution in [0.25, 0.3) is 17.0 Å². The molecule has 0 saturated carbocycles. The first kappa shape index (κ1) is 17.2. The zero-order valence-electron chi connectivity index (χ0n) is 15.6. The van der Waals surface area contributed by atoms with Gasteiger partial charge in [-0.05, 0) is 30.6 Å². The molecule has 4 nitrogen and oxygen atoms in total. The Balaban J connectivity index is 1.63. The third kappa shape index (κ3) is 3.80. The van der Waals surface area contributed by atoms with Gasteiger partial charge in [0.2, 0.25) is 0 Å². The lowest BCUT2D eigenvalue weighted by Gasteiger charge is -2.09. The summed E-state index contributed by atoms with van der Waals surface area (Å²) in [6.45, 7) is 4.14. The Morgan fingerprint density at radius 3 is 2.22 bits per heavy atom. The Morgan fingerprint density at radius 2 is 1.56 bits per heavy atom. The van der Waals surface area contributed by atoms with Gasteiger partial charge in [-0.3, -0.25) is 4.99 Å². The number of benzene rings is 2. The van der Waals surface area contributed by atoms with Crippen molar-refractivity contribution in [3.8, 4) is 11.4 Å². The fraction of sp³-hybridized carbons (Fsp3) is 0.174. The number of aliphatic imine (C=N–C) groups is 1. The number of rotatable bonds is 4. The van der Waals surface area contributed by atoms with Crippen molar-refractivity contribution in [2.75, 3.05) is 5.32 Å². The van der Waals surface area contributed by atoms with Crippen molar-refractivity contribution in [3.05, 3.63) is 84.1 Å². The maximum Gasteiger partial charge on any atom is 0.161 e. The van der Waals surface area contributed by atoms with Gasteiger partial charge in [0, 0.05) is 17.3 Å². The van der Waals surface area contributed by atoms with Gasteiger partial charge in [0.25, 0.3) is 0 Å². The molecule has 134 valence electrons. The van der Waals surface area contributed by atoms with Crippen molar-refractivity contribution in [1.29, 1.82) is 0 Å². The number of nitrogens with one attached hydrogen (secondary N) is 1. The van der Waals surface area contributed by atoms with Crippen LogP contribution >= 0.6 is 0 Å². The highest BCUT2D eigenvalue weighted by Gasteiger charge is 2.21. The molecule has 2 heterocycles. The summed E-state index contributed by atoms with van der Waals surface area (Å²) < 4.78 is 0. The predicted molar refractivity (Wildman–Crippen MR) is 112 cm³/mol. The minimum absolute atomic E-state index is 0.173. The van der Waals surface area contributed by atoms with Gasteiger partial charge in [0.05, 0.1) is 6.04 Å². The monoisotopic (exact) mass is 354 g/mol. The number of aryl methyl sites for hydroxylation is 1. The van der Waals surface area contributed by atoms with Crippen LogP contribution < -0.4 is 5.32 Å². The number of aromatic nitrogens is 2. The van der Waals surface area contributed by atoms with E-state index in [9.17, 15) is 0 Å². The third-order valence-corrected chi connectivity index (χ3v) is 4.58. The first-order chi connectivity index (χ1) is 13.2. The molecule has 0 saturated heterocycles. The van der Waals surface area contributed by atoms with Gasteiger partial charge in [-0.2, -0.15) is 0 Å². The van der Waals surface area contributed by atoms with Crippen LogP contribution in [0.2, 0.25) is 0 Å². The quantitative estimate of drug-likeness (QED) is 0.706. The zero-order chi connectivity index (χ0) is 18.6. The number of nitrogens with zero attached hydrogens (tertiary/aromatic N) is 3. The lowest BCUT2D eigenvalue weighted by atomic mass is 9.98. The SMILES string of the molecule is CCC1N=C(Nc2cc(C)nc(-c3ccccc3)n2)C=C1c1ccccc1. The van der Waals surface area contributed by atoms with E-state index in [2.05, 4.69) is 52.5 Å². The van der Waals surface area contributed by atoms with E-state index in [1.54, 1.807) is 0 Å². The van der Waals surface area contributed by atoms with Crippen LogP contribution in [0.3, 0.4) is 0 Å². The van der Waals surface area contributed by atoms with E-state index in [1.165, 1.54) is 11.1 Å². The lowest BCUT2D eigenvalue weighted by molar-refractivity contribution is 0.812. The largest absolute Gasteiger partial charge is 0.325 e. The molecule has 1 unspecified atom stereocenters. The van der Waals surface area contributed by atoms with Gasteiger partial charge < -0.3 is 5.32 Å². The Bertz CT molecular complexity index is 991. The van der Waals surface area contributed by atoms with Crippen LogP contribution in [-0.2, 0) is 0 Å². The average Bonchev–Trinajstić information content (AvgIpc) is 3.12. The molecule has 2 aromatic carbocycles. The van der Waals surface area contributed by atoms with Gasteiger partial charge >= 0.3 is 0 Å². The molecule has 0 radical (unpaired) electrons. The molecular formula is C23H22N4. The standard InChI is InChI=1S/C23H22N4/c1-3-20-19(17-10-6-4-7-11-17)15-22(25-20)26-21-14-16(2)24-23(27-21)18-12-8-5-9-13-18/h4-15,20H,3H2,1-2H3,(H,24,25,26,27).